The fourth-order valence-electron chi connectivity index (χ4n) is 12.6. The van der Waals surface area contributed by atoms with E-state index in [4.69, 9.17) is 33.4 Å². The maximum absolute atomic E-state index is 15.9. The molecule has 4 N–H and O–H groups in total. The van der Waals surface area contributed by atoms with Crippen LogP contribution in [-0.2, 0) is 30.2 Å². The molecule has 9 aliphatic rings. The summed E-state index contributed by atoms with van der Waals surface area (Å²) in [7, 11) is 1.30. The number of aliphatic imine (C=N–C) groups is 1. The van der Waals surface area contributed by atoms with E-state index in [0.29, 0.717) is 69.8 Å². The van der Waals surface area contributed by atoms with Gasteiger partial charge in [-0.05, 0) is 93.2 Å². The van der Waals surface area contributed by atoms with Crippen molar-refractivity contribution in [1.82, 2.24) is 0 Å². The summed E-state index contributed by atoms with van der Waals surface area (Å²) < 4.78 is 40.3. The average Bonchev–Trinajstić information content (AvgIpc) is 3.66. The number of methoxy groups -OCH3 is 1. The first-order valence-corrected chi connectivity index (χ1v) is 23.7. The summed E-state index contributed by atoms with van der Waals surface area (Å²) in [6.07, 6.45) is 3.61. The van der Waals surface area contributed by atoms with E-state index in [1.165, 1.54) is 12.7 Å². The topological polar surface area (TPSA) is 200 Å². The van der Waals surface area contributed by atoms with Gasteiger partial charge in [0, 0.05) is 52.0 Å². The number of hydrogen-bond acceptors (Lipinski definition) is 14. The summed E-state index contributed by atoms with van der Waals surface area (Å²) in [6.45, 7) is 14.9. The quantitative estimate of drug-likeness (QED) is 0.111. The van der Waals surface area contributed by atoms with Crippen LogP contribution in [0.5, 0.6) is 17.2 Å². The molecule has 0 radical (unpaired) electrons. The Morgan fingerprint density at radius 1 is 0.926 bits per heavy atom. The van der Waals surface area contributed by atoms with Crippen molar-refractivity contribution in [2.75, 3.05) is 13.7 Å². The molecular weight excluding hydrogens is 871 g/mol. The lowest BCUT2D eigenvalue weighted by Crippen LogP contribution is -2.75. The summed E-state index contributed by atoms with van der Waals surface area (Å²) in [5.41, 5.74) is 1.54. The molecule has 11 rings (SSSR count). The lowest BCUT2D eigenvalue weighted by atomic mass is 9.43. The molecule has 14 heteroatoms. The van der Waals surface area contributed by atoms with E-state index in [1.807, 2.05) is 78.8 Å². The summed E-state index contributed by atoms with van der Waals surface area (Å²) in [5, 5.41) is 43.8. The first kappa shape index (κ1) is 46.5. The lowest BCUT2D eigenvalue weighted by molar-refractivity contribution is -0.277. The Morgan fingerprint density at radius 3 is 2.34 bits per heavy atom. The number of hydrogen-bond donors (Lipinski definition) is 4. The highest BCUT2D eigenvalue weighted by atomic mass is 16.7. The van der Waals surface area contributed by atoms with Gasteiger partial charge in [0.15, 0.2) is 22.8 Å². The zero-order valence-corrected chi connectivity index (χ0v) is 40.0. The third-order valence-electron chi connectivity index (χ3n) is 15.8. The van der Waals surface area contributed by atoms with E-state index < -0.39 is 89.4 Å². The Bertz CT molecular complexity index is 2730. The van der Waals surface area contributed by atoms with Gasteiger partial charge in [-0.3, -0.25) is 14.6 Å². The van der Waals surface area contributed by atoms with Crippen molar-refractivity contribution in [1.29, 1.82) is 0 Å². The Hall–Kier alpha value is -5.22. The maximum atomic E-state index is 15.9. The molecule has 2 aromatic carbocycles. The normalized spacial score (nSPS) is 35.2. The van der Waals surface area contributed by atoms with Crippen LogP contribution in [0.1, 0.15) is 114 Å². The average molecular weight is 932 g/mol. The predicted molar refractivity (Wildman–Crippen MR) is 250 cm³/mol. The number of aliphatic hydroxyl groups excluding tert-OH is 4. The zero-order chi connectivity index (χ0) is 48.6. The second kappa shape index (κ2) is 16.2. The molecule has 7 unspecified atom stereocenters. The molecule has 4 bridgehead atoms. The number of benzene rings is 2. The highest BCUT2D eigenvalue weighted by molar-refractivity contribution is 6.31. The summed E-state index contributed by atoms with van der Waals surface area (Å²) in [6, 6.07) is 7.34. The molecule has 12 atom stereocenters. The molecule has 4 aliphatic carbocycles. The summed E-state index contributed by atoms with van der Waals surface area (Å²) in [5.74, 6) is -2.81. The molecule has 5 fully saturated rings. The van der Waals surface area contributed by atoms with Crippen LogP contribution >= 0.6 is 0 Å². The molecule has 5 heterocycles. The number of ketones is 2. The number of carbonyl (C=O) groups excluding carboxylic acids is 3. The Kier molecular flexibility index (Phi) is 11.1. The van der Waals surface area contributed by atoms with Crippen molar-refractivity contribution in [3.63, 3.8) is 0 Å². The molecule has 68 heavy (non-hydrogen) atoms. The Labute approximate surface area is 396 Å². The Morgan fingerprint density at radius 2 is 1.65 bits per heavy atom. The lowest BCUT2D eigenvalue weighted by Gasteiger charge is -2.62. The van der Waals surface area contributed by atoms with Gasteiger partial charge in [-0.25, -0.2) is 4.79 Å². The highest BCUT2D eigenvalue weighted by Gasteiger charge is 2.84. The number of Topliss-reactive ketones (excluding diaryl/α,β-unsaturated/α-hetero) is 2. The van der Waals surface area contributed by atoms with Gasteiger partial charge < -0.3 is 48.8 Å². The molecule has 2 aromatic rings. The van der Waals surface area contributed by atoms with Crippen LogP contribution < -0.4 is 14.2 Å². The summed E-state index contributed by atoms with van der Waals surface area (Å²) >= 11 is 0. The van der Waals surface area contributed by atoms with Gasteiger partial charge in [0.05, 0.1) is 47.8 Å². The molecule has 1 spiro atoms. The third-order valence-corrected chi connectivity index (χ3v) is 15.8. The minimum absolute atomic E-state index is 0.0540. The van der Waals surface area contributed by atoms with E-state index in [2.05, 4.69) is 12.2 Å². The fourth-order valence-corrected chi connectivity index (χ4v) is 12.6. The third kappa shape index (κ3) is 6.50. The number of esters is 1. The smallest absolute Gasteiger partial charge is 0.333 e. The van der Waals surface area contributed by atoms with Gasteiger partial charge in [0.2, 0.25) is 6.29 Å². The molecular formula is C54H61NO13. The maximum Gasteiger partial charge on any atom is 0.333 e. The van der Waals surface area contributed by atoms with Crippen LogP contribution in [0.4, 0.5) is 0 Å². The Balaban J connectivity index is 1.32. The number of nitrogens with zero attached hydrogens (tertiary/aromatic N) is 1. The van der Waals surface area contributed by atoms with Gasteiger partial charge in [0.1, 0.15) is 47.3 Å². The molecule has 2 saturated heterocycles. The molecule has 0 aromatic heterocycles. The van der Waals surface area contributed by atoms with Crippen molar-refractivity contribution in [3.05, 3.63) is 98.7 Å². The molecule has 360 valence electrons. The van der Waals surface area contributed by atoms with Crippen molar-refractivity contribution >= 4 is 35.0 Å². The predicted octanol–water partition coefficient (Wildman–Crippen LogP) is 6.33. The van der Waals surface area contributed by atoms with Crippen molar-refractivity contribution < 1.29 is 63.2 Å². The zero-order valence-electron chi connectivity index (χ0n) is 40.0. The van der Waals surface area contributed by atoms with E-state index in [-0.39, 0.29) is 35.1 Å². The van der Waals surface area contributed by atoms with E-state index in [9.17, 15) is 30.0 Å². The minimum atomic E-state index is -1.78. The van der Waals surface area contributed by atoms with Gasteiger partial charge in [-0.15, -0.1) is 0 Å². The first-order valence-electron chi connectivity index (χ1n) is 23.7. The number of allylic oxidation sites excluding steroid dienone is 4. The number of aliphatic hydroxyl groups is 4. The van der Waals surface area contributed by atoms with E-state index in [1.54, 1.807) is 19.1 Å². The van der Waals surface area contributed by atoms with Crippen molar-refractivity contribution in [2.45, 2.75) is 141 Å². The van der Waals surface area contributed by atoms with E-state index >= 15 is 4.79 Å². The van der Waals surface area contributed by atoms with Gasteiger partial charge in [-0.2, -0.15) is 0 Å². The van der Waals surface area contributed by atoms with Crippen molar-refractivity contribution in [2.24, 2.45) is 28.7 Å². The summed E-state index contributed by atoms with van der Waals surface area (Å²) in [4.78, 5) is 49.3. The monoisotopic (exact) mass is 931 g/mol. The standard InChI is InChI=1S/C54H61NO13/c1-25(2)13-12-20-52(8)21-19-31-45(66-52)30(17-16-26(3)4)47-37(46(31)65-50-44(60)43(59)42(58)33(24-56)64-50)40-38-35(36-39(55-40)28-14-10-11-15-29(28)41(36)57)32-23-34-51(6,7)68-53(48(32)61,54(34,38)67-47)22-18-27(5)49(62)63-9/h10-11,13-16,18-19,21,32-36,42-44,50,56,58-60H,12,17,20,22-24H2,1-9H3/t32?,33-,34?,35?,36?,42-,43+,44-,50+,52?,53?,54?/m0/s1. The highest BCUT2D eigenvalue weighted by Crippen LogP contribution is 2.74. The van der Waals surface area contributed by atoms with Crippen LogP contribution in [0.15, 0.2) is 75.9 Å². The van der Waals surface area contributed by atoms with E-state index in [0.717, 1.165) is 12.0 Å². The van der Waals surface area contributed by atoms with Crippen LogP contribution in [-0.4, -0.2) is 111 Å². The SMILES string of the molecule is COC(=O)C(C)=CCC12OC(C)(C)C3CC(C1=O)C1C4=C(N=C5c6ccccc6C(=O)C51)c1c(O[C@H]5O[C@@H](CO)[C@H](O)[C@@H](O)[C@@H]5O)c5c(c(CC=C(C)C)c1OC432)OC(C)(CCC=C(C)C)C=C5. The number of carbonyl (C=O) groups is 3. The van der Waals surface area contributed by atoms with Gasteiger partial charge in [0.25, 0.3) is 0 Å². The first-order chi connectivity index (χ1) is 32.2. The van der Waals surface area contributed by atoms with Crippen LogP contribution in [0.2, 0.25) is 0 Å². The minimum Gasteiger partial charge on any atom is -0.482 e. The van der Waals surface area contributed by atoms with Gasteiger partial charge >= 0.3 is 5.97 Å². The molecule has 3 saturated carbocycles. The van der Waals surface area contributed by atoms with Crippen LogP contribution in [0.3, 0.4) is 0 Å². The second-order valence-corrected chi connectivity index (χ2v) is 21.0. The number of ether oxygens (including phenoxy) is 6. The number of rotatable bonds is 11. The largest absolute Gasteiger partial charge is 0.482 e. The molecule has 0 amide bonds. The van der Waals surface area contributed by atoms with Crippen LogP contribution in [0, 0.1) is 23.7 Å². The molecule has 5 aliphatic heterocycles. The molecule has 14 nitrogen and oxygen atoms in total. The van der Waals surface area contributed by atoms with Crippen molar-refractivity contribution in [3.8, 4) is 17.2 Å². The fraction of sp³-hybridized carbons (Fsp3) is 0.519. The second-order valence-electron chi connectivity index (χ2n) is 21.0. The van der Waals surface area contributed by atoms with Gasteiger partial charge in [-0.1, -0.05) is 53.6 Å². The van der Waals surface area contributed by atoms with Crippen LogP contribution in [0.25, 0.3) is 11.8 Å². The number of fused-ring (bicyclic) bond motifs is 6.